The molecule has 0 bridgehead atoms. The van der Waals surface area contributed by atoms with Gasteiger partial charge >= 0.3 is 0 Å². The molecular weight excluding hydrogens is 202 g/mol. The van der Waals surface area contributed by atoms with Crippen molar-refractivity contribution in [2.45, 2.75) is 26.3 Å². The molecule has 1 aromatic carbocycles. The molecule has 0 aliphatic rings. The van der Waals surface area contributed by atoms with E-state index in [-0.39, 0.29) is 6.61 Å². The summed E-state index contributed by atoms with van der Waals surface area (Å²) in [6, 6.07) is 6.03. The SMILES string of the molecule is CC(C)N(CCCO)c1ccc(N)c(N)c1. The number of anilines is 3. The van der Waals surface area contributed by atoms with Gasteiger partial charge in [-0.25, -0.2) is 0 Å². The van der Waals surface area contributed by atoms with Gasteiger partial charge in [0.1, 0.15) is 0 Å². The monoisotopic (exact) mass is 223 g/mol. The molecule has 90 valence electrons. The Labute approximate surface area is 96.9 Å². The van der Waals surface area contributed by atoms with E-state index in [9.17, 15) is 0 Å². The molecule has 0 heterocycles. The molecule has 0 unspecified atom stereocenters. The molecule has 0 spiro atoms. The molecular formula is C12H21N3O. The van der Waals surface area contributed by atoms with Gasteiger partial charge in [-0.1, -0.05) is 0 Å². The minimum atomic E-state index is 0.202. The van der Waals surface area contributed by atoms with Crippen LogP contribution in [0.2, 0.25) is 0 Å². The average molecular weight is 223 g/mol. The summed E-state index contributed by atoms with van der Waals surface area (Å²) in [6.07, 6.45) is 0.752. The van der Waals surface area contributed by atoms with Crippen LogP contribution >= 0.6 is 0 Å². The number of nitrogens with two attached hydrogens (primary N) is 2. The lowest BCUT2D eigenvalue weighted by atomic mass is 10.2. The third-order valence-corrected chi connectivity index (χ3v) is 2.58. The highest BCUT2D eigenvalue weighted by Crippen LogP contribution is 2.24. The largest absolute Gasteiger partial charge is 0.397 e. The first-order valence-electron chi connectivity index (χ1n) is 5.58. The maximum absolute atomic E-state index is 8.87. The molecule has 5 N–H and O–H groups in total. The van der Waals surface area contributed by atoms with E-state index in [4.69, 9.17) is 16.6 Å². The molecule has 4 heteroatoms. The first-order valence-corrected chi connectivity index (χ1v) is 5.58. The second-order valence-electron chi connectivity index (χ2n) is 4.18. The van der Waals surface area contributed by atoms with Gasteiger partial charge in [0, 0.05) is 24.9 Å². The van der Waals surface area contributed by atoms with Crippen LogP contribution in [0.4, 0.5) is 17.1 Å². The molecule has 0 fully saturated rings. The Kier molecular flexibility index (Phi) is 4.43. The highest BCUT2D eigenvalue weighted by atomic mass is 16.3. The summed E-state index contributed by atoms with van der Waals surface area (Å²) < 4.78 is 0. The zero-order valence-corrected chi connectivity index (χ0v) is 9.98. The second kappa shape index (κ2) is 5.61. The van der Waals surface area contributed by atoms with E-state index < -0.39 is 0 Å². The predicted octanol–water partition coefficient (Wildman–Crippen LogP) is 1.45. The zero-order valence-electron chi connectivity index (χ0n) is 9.98. The fourth-order valence-electron chi connectivity index (χ4n) is 1.67. The van der Waals surface area contributed by atoms with Crippen molar-refractivity contribution < 1.29 is 5.11 Å². The number of aliphatic hydroxyl groups excluding tert-OH is 1. The van der Waals surface area contributed by atoms with Crippen LogP contribution in [0.3, 0.4) is 0 Å². The van der Waals surface area contributed by atoms with Crippen LogP contribution in [0.5, 0.6) is 0 Å². The van der Waals surface area contributed by atoms with E-state index in [1.807, 2.05) is 18.2 Å². The number of hydrogen-bond acceptors (Lipinski definition) is 4. The maximum atomic E-state index is 8.87. The van der Waals surface area contributed by atoms with Gasteiger partial charge < -0.3 is 21.5 Å². The van der Waals surface area contributed by atoms with E-state index in [2.05, 4.69) is 18.7 Å². The Morgan fingerprint density at radius 1 is 1.25 bits per heavy atom. The van der Waals surface area contributed by atoms with E-state index >= 15 is 0 Å². The molecule has 1 aromatic rings. The van der Waals surface area contributed by atoms with Crippen molar-refractivity contribution in [1.29, 1.82) is 0 Å². The van der Waals surface area contributed by atoms with Crippen molar-refractivity contribution in [1.82, 2.24) is 0 Å². The number of rotatable bonds is 5. The summed E-state index contributed by atoms with van der Waals surface area (Å²) >= 11 is 0. The molecule has 0 amide bonds. The third kappa shape index (κ3) is 3.03. The predicted molar refractivity (Wildman–Crippen MR) is 69.5 cm³/mol. The van der Waals surface area contributed by atoms with Crippen molar-refractivity contribution in [2.75, 3.05) is 29.5 Å². The molecule has 0 saturated carbocycles. The van der Waals surface area contributed by atoms with E-state index in [1.165, 1.54) is 0 Å². The topological polar surface area (TPSA) is 75.5 Å². The van der Waals surface area contributed by atoms with E-state index in [0.717, 1.165) is 18.7 Å². The lowest BCUT2D eigenvalue weighted by molar-refractivity contribution is 0.288. The second-order valence-corrected chi connectivity index (χ2v) is 4.18. The van der Waals surface area contributed by atoms with Crippen LogP contribution in [0.1, 0.15) is 20.3 Å². The van der Waals surface area contributed by atoms with Gasteiger partial charge in [0.05, 0.1) is 11.4 Å². The molecule has 0 aliphatic heterocycles. The molecule has 1 rings (SSSR count). The van der Waals surface area contributed by atoms with Gasteiger partial charge in [-0.3, -0.25) is 0 Å². The smallest absolute Gasteiger partial charge is 0.0568 e. The number of nitrogens with zero attached hydrogens (tertiary/aromatic N) is 1. The number of benzene rings is 1. The van der Waals surface area contributed by atoms with Crippen LogP contribution in [0, 0.1) is 0 Å². The first kappa shape index (κ1) is 12.6. The quantitative estimate of drug-likeness (QED) is 0.660. The Balaban J connectivity index is 2.88. The van der Waals surface area contributed by atoms with Crippen molar-refractivity contribution in [3.8, 4) is 0 Å². The molecule has 16 heavy (non-hydrogen) atoms. The van der Waals surface area contributed by atoms with Gasteiger partial charge in [-0.05, 0) is 38.5 Å². The van der Waals surface area contributed by atoms with Crippen molar-refractivity contribution in [2.24, 2.45) is 0 Å². The lowest BCUT2D eigenvalue weighted by Crippen LogP contribution is -2.32. The highest BCUT2D eigenvalue weighted by molar-refractivity contribution is 5.70. The third-order valence-electron chi connectivity index (χ3n) is 2.58. The summed E-state index contributed by atoms with van der Waals surface area (Å²) in [5.74, 6) is 0. The van der Waals surface area contributed by atoms with Gasteiger partial charge in [-0.2, -0.15) is 0 Å². The Morgan fingerprint density at radius 2 is 1.94 bits per heavy atom. The Morgan fingerprint density at radius 3 is 2.44 bits per heavy atom. The standard InChI is InChI=1S/C12H21N3O/c1-9(2)15(6-3-7-16)10-4-5-11(13)12(14)8-10/h4-5,8-9,16H,3,6-7,13-14H2,1-2H3. The summed E-state index contributed by atoms with van der Waals surface area (Å²) in [7, 11) is 0. The summed E-state index contributed by atoms with van der Waals surface area (Å²) in [5, 5.41) is 8.87. The fourth-order valence-corrected chi connectivity index (χ4v) is 1.67. The molecule has 0 radical (unpaired) electrons. The van der Waals surface area contributed by atoms with Crippen LogP contribution in [0.15, 0.2) is 18.2 Å². The normalized spacial score (nSPS) is 10.8. The van der Waals surface area contributed by atoms with Crippen molar-refractivity contribution in [3.63, 3.8) is 0 Å². The maximum Gasteiger partial charge on any atom is 0.0568 e. The van der Waals surface area contributed by atoms with Crippen molar-refractivity contribution >= 4 is 17.1 Å². The molecule has 4 nitrogen and oxygen atoms in total. The molecule has 0 aromatic heterocycles. The summed E-state index contributed by atoms with van der Waals surface area (Å²) in [5.41, 5.74) is 13.7. The first-order chi connectivity index (χ1) is 7.56. The molecule has 0 saturated heterocycles. The minimum absolute atomic E-state index is 0.202. The summed E-state index contributed by atoms with van der Waals surface area (Å²) in [6.45, 7) is 5.25. The van der Waals surface area contributed by atoms with Gasteiger partial charge in [-0.15, -0.1) is 0 Å². The Hall–Kier alpha value is -1.42. The van der Waals surface area contributed by atoms with E-state index in [0.29, 0.717) is 17.4 Å². The van der Waals surface area contributed by atoms with Gasteiger partial charge in [0.15, 0.2) is 0 Å². The van der Waals surface area contributed by atoms with Gasteiger partial charge in [0.2, 0.25) is 0 Å². The number of hydrogen-bond donors (Lipinski definition) is 3. The molecule has 0 aliphatic carbocycles. The van der Waals surface area contributed by atoms with Crippen molar-refractivity contribution in [3.05, 3.63) is 18.2 Å². The molecule has 0 atom stereocenters. The van der Waals surface area contributed by atoms with Crippen LogP contribution < -0.4 is 16.4 Å². The number of nitrogen functional groups attached to an aromatic ring is 2. The lowest BCUT2D eigenvalue weighted by Gasteiger charge is -2.29. The highest BCUT2D eigenvalue weighted by Gasteiger charge is 2.10. The Bertz CT molecular complexity index is 339. The van der Waals surface area contributed by atoms with Crippen LogP contribution in [0.25, 0.3) is 0 Å². The summed E-state index contributed by atoms with van der Waals surface area (Å²) in [4.78, 5) is 2.20. The van der Waals surface area contributed by atoms with Crippen LogP contribution in [-0.2, 0) is 0 Å². The van der Waals surface area contributed by atoms with Crippen LogP contribution in [-0.4, -0.2) is 24.3 Å². The van der Waals surface area contributed by atoms with E-state index in [1.54, 1.807) is 0 Å². The zero-order chi connectivity index (χ0) is 12.1. The fraction of sp³-hybridized carbons (Fsp3) is 0.500. The average Bonchev–Trinajstić information content (AvgIpc) is 2.23. The minimum Gasteiger partial charge on any atom is -0.397 e. The number of aliphatic hydroxyl groups is 1. The van der Waals surface area contributed by atoms with Gasteiger partial charge in [0.25, 0.3) is 0 Å².